The fourth-order valence-corrected chi connectivity index (χ4v) is 3.58. The summed E-state index contributed by atoms with van der Waals surface area (Å²) in [4.78, 5) is 24.8. The minimum atomic E-state index is -0.813. The van der Waals surface area contributed by atoms with Gasteiger partial charge in [0.25, 0.3) is 5.91 Å². The molecule has 1 aromatic heterocycles. The van der Waals surface area contributed by atoms with E-state index >= 15 is 0 Å². The highest BCUT2D eigenvalue weighted by molar-refractivity contribution is 6.39. The molecule has 3 rings (SSSR count). The van der Waals surface area contributed by atoms with Crippen LogP contribution in [-0.4, -0.2) is 23.1 Å². The summed E-state index contributed by atoms with van der Waals surface area (Å²) in [5.41, 5.74) is 2.68. The number of carbonyl (C=O) groups is 2. The van der Waals surface area contributed by atoms with Crippen molar-refractivity contribution in [1.82, 2.24) is 4.57 Å². The smallest absolute Gasteiger partial charge is 0.341 e. The lowest BCUT2D eigenvalue weighted by Gasteiger charge is -2.13. The first-order valence-electron chi connectivity index (χ1n) is 8.93. The van der Waals surface area contributed by atoms with Crippen LogP contribution in [0.4, 0.5) is 5.82 Å². The molecule has 30 heavy (non-hydrogen) atoms. The van der Waals surface area contributed by atoms with Gasteiger partial charge >= 0.3 is 5.97 Å². The second-order valence-electron chi connectivity index (χ2n) is 6.44. The molecule has 1 heterocycles. The number of esters is 1. The van der Waals surface area contributed by atoms with E-state index in [1.165, 1.54) is 12.1 Å². The quantitative estimate of drug-likeness (QED) is 0.560. The standard InChI is InChI=1S/C22H17Cl2N3O3/c1-13-14(2)27(15-7-4-3-5-8-15)21(16(13)11-25)26-19(28)12-30-22(29)20-17(23)9-6-10-18(20)24/h3-10H,12H2,1-2H3,(H,26,28). The number of rotatable bonds is 5. The number of hydrogen-bond donors (Lipinski definition) is 1. The Bertz CT molecular complexity index is 1140. The van der Waals surface area contributed by atoms with E-state index in [9.17, 15) is 14.9 Å². The summed E-state index contributed by atoms with van der Waals surface area (Å²) >= 11 is 12.0. The van der Waals surface area contributed by atoms with E-state index < -0.39 is 18.5 Å². The SMILES string of the molecule is Cc1c(C#N)c(NC(=O)COC(=O)c2c(Cl)cccc2Cl)n(-c2ccccc2)c1C. The largest absolute Gasteiger partial charge is 0.452 e. The number of amides is 1. The van der Waals surface area contributed by atoms with Crippen LogP contribution in [0.5, 0.6) is 0 Å². The van der Waals surface area contributed by atoms with Crippen LogP contribution >= 0.6 is 23.2 Å². The maximum atomic E-state index is 12.5. The Morgan fingerprint density at radius 1 is 1.07 bits per heavy atom. The van der Waals surface area contributed by atoms with E-state index in [0.29, 0.717) is 11.4 Å². The molecule has 0 aliphatic carbocycles. The fourth-order valence-electron chi connectivity index (χ4n) is 3.02. The van der Waals surface area contributed by atoms with E-state index in [4.69, 9.17) is 27.9 Å². The first-order valence-corrected chi connectivity index (χ1v) is 9.69. The van der Waals surface area contributed by atoms with Crippen LogP contribution in [0.2, 0.25) is 10.0 Å². The van der Waals surface area contributed by atoms with E-state index in [1.807, 2.05) is 44.2 Å². The number of halogens is 2. The molecule has 1 amide bonds. The lowest BCUT2D eigenvalue weighted by molar-refractivity contribution is -0.119. The predicted octanol–water partition coefficient (Wildman–Crippen LogP) is 5.07. The first-order chi connectivity index (χ1) is 14.3. The Kier molecular flexibility index (Phi) is 6.46. The summed E-state index contributed by atoms with van der Waals surface area (Å²) in [5.74, 6) is -1.10. The third-order valence-electron chi connectivity index (χ3n) is 4.60. The highest BCUT2D eigenvalue weighted by atomic mass is 35.5. The molecule has 8 heteroatoms. The van der Waals surface area contributed by atoms with Crippen LogP contribution in [0.1, 0.15) is 27.2 Å². The molecule has 6 nitrogen and oxygen atoms in total. The normalized spacial score (nSPS) is 10.4. The van der Waals surface area contributed by atoms with Crippen molar-refractivity contribution in [2.45, 2.75) is 13.8 Å². The van der Waals surface area contributed by atoms with Crippen LogP contribution in [0.15, 0.2) is 48.5 Å². The fraction of sp³-hybridized carbons (Fsp3) is 0.136. The molecular weight excluding hydrogens is 425 g/mol. The zero-order chi connectivity index (χ0) is 21.8. The van der Waals surface area contributed by atoms with Gasteiger partial charge in [-0.3, -0.25) is 9.36 Å². The molecule has 0 atom stereocenters. The zero-order valence-electron chi connectivity index (χ0n) is 16.2. The summed E-state index contributed by atoms with van der Waals surface area (Å²) in [6, 6.07) is 16.0. The summed E-state index contributed by atoms with van der Waals surface area (Å²) in [7, 11) is 0. The van der Waals surface area contributed by atoms with Crippen LogP contribution in [-0.2, 0) is 9.53 Å². The van der Waals surface area contributed by atoms with Gasteiger partial charge in [-0.1, -0.05) is 47.5 Å². The molecule has 0 bridgehead atoms. The molecule has 0 spiro atoms. The van der Waals surface area contributed by atoms with E-state index in [2.05, 4.69) is 11.4 Å². The number of carbonyl (C=O) groups excluding carboxylic acids is 2. The second-order valence-corrected chi connectivity index (χ2v) is 7.25. The van der Waals surface area contributed by atoms with E-state index in [1.54, 1.807) is 10.6 Å². The topological polar surface area (TPSA) is 84.1 Å². The van der Waals surface area contributed by atoms with Crippen molar-refractivity contribution in [3.63, 3.8) is 0 Å². The molecule has 2 aromatic carbocycles. The number of benzene rings is 2. The van der Waals surface area contributed by atoms with Crippen molar-refractivity contribution < 1.29 is 14.3 Å². The second kappa shape index (κ2) is 9.04. The number of nitrogens with one attached hydrogen (secondary N) is 1. The van der Waals surface area contributed by atoms with E-state index in [-0.39, 0.29) is 15.6 Å². The van der Waals surface area contributed by atoms with Gasteiger partial charge in [-0.25, -0.2) is 4.79 Å². The summed E-state index contributed by atoms with van der Waals surface area (Å²) in [6.45, 7) is 3.10. The average molecular weight is 442 g/mol. The summed E-state index contributed by atoms with van der Waals surface area (Å²) < 4.78 is 6.84. The molecular formula is C22H17Cl2N3O3. The number of aromatic nitrogens is 1. The molecule has 0 aliphatic heterocycles. The molecule has 3 aromatic rings. The molecule has 0 fully saturated rings. The van der Waals surface area contributed by atoms with Gasteiger partial charge in [-0.15, -0.1) is 0 Å². The minimum Gasteiger partial charge on any atom is -0.452 e. The van der Waals surface area contributed by atoms with Crippen LogP contribution < -0.4 is 5.32 Å². The number of anilines is 1. The molecule has 0 saturated heterocycles. The van der Waals surface area contributed by atoms with Crippen molar-refractivity contribution >= 4 is 40.9 Å². The Morgan fingerprint density at radius 3 is 2.30 bits per heavy atom. The van der Waals surface area contributed by atoms with Gasteiger partial charge < -0.3 is 10.1 Å². The van der Waals surface area contributed by atoms with Crippen molar-refractivity contribution in [1.29, 1.82) is 5.26 Å². The van der Waals surface area contributed by atoms with Gasteiger partial charge in [0.05, 0.1) is 21.2 Å². The highest BCUT2D eigenvalue weighted by Crippen LogP contribution is 2.30. The summed E-state index contributed by atoms with van der Waals surface area (Å²) in [6.07, 6.45) is 0. The van der Waals surface area contributed by atoms with Crippen molar-refractivity contribution in [3.05, 3.63) is 81.0 Å². The van der Waals surface area contributed by atoms with Crippen LogP contribution in [0, 0.1) is 25.2 Å². The molecule has 0 unspecified atom stereocenters. The van der Waals surface area contributed by atoms with E-state index in [0.717, 1.165) is 16.9 Å². The molecule has 0 aliphatic rings. The van der Waals surface area contributed by atoms with Gasteiger partial charge in [0.2, 0.25) is 0 Å². The van der Waals surface area contributed by atoms with Gasteiger partial charge in [-0.2, -0.15) is 5.26 Å². The minimum absolute atomic E-state index is 0.00861. The highest BCUT2D eigenvalue weighted by Gasteiger charge is 2.22. The third kappa shape index (κ3) is 4.18. The number of ether oxygens (including phenoxy) is 1. The molecule has 1 N–H and O–H groups in total. The van der Waals surface area contributed by atoms with Gasteiger partial charge in [-0.05, 0) is 43.7 Å². The maximum absolute atomic E-state index is 12.5. The van der Waals surface area contributed by atoms with Crippen molar-refractivity contribution in [2.24, 2.45) is 0 Å². The third-order valence-corrected chi connectivity index (χ3v) is 5.23. The lowest BCUT2D eigenvalue weighted by atomic mass is 10.2. The Hall–Kier alpha value is -3.27. The molecule has 0 radical (unpaired) electrons. The Morgan fingerprint density at radius 2 is 1.70 bits per heavy atom. The zero-order valence-corrected chi connectivity index (χ0v) is 17.7. The number of para-hydroxylation sites is 1. The van der Waals surface area contributed by atoms with Crippen LogP contribution in [0.25, 0.3) is 5.69 Å². The Balaban J connectivity index is 1.83. The lowest BCUT2D eigenvalue weighted by Crippen LogP contribution is -2.23. The monoisotopic (exact) mass is 441 g/mol. The average Bonchev–Trinajstić information content (AvgIpc) is 2.96. The van der Waals surface area contributed by atoms with Gasteiger partial charge in [0.15, 0.2) is 6.61 Å². The first kappa shape index (κ1) is 21.4. The van der Waals surface area contributed by atoms with Crippen LogP contribution in [0.3, 0.4) is 0 Å². The van der Waals surface area contributed by atoms with Gasteiger partial charge in [0, 0.05) is 11.4 Å². The number of hydrogen-bond acceptors (Lipinski definition) is 4. The van der Waals surface area contributed by atoms with Crippen molar-refractivity contribution in [2.75, 3.05) is 11.9 Å². The number of nitriles is 1. The Labute approximate surface area is 183 Å². The predicted molar refractivity (Wildman–Crippen MR) is 115 cm³/mol. The number of nitrogens with zero attached hydrogens (tertiary/aromatic N) is 2. The summed E-state index contributed by atoms with van der Waals surface area (Å²) in [5, 5.41) is 12.5. The van der Waals surface area contributed by atoms with Crippen molar-refractivity contribution in [3.8, 4) is 11.8 Å². The molecule has 0 saturated carbocycles. The molecule has 152 valence electrons. The van der Waals surface area contributed by atoms with Gasteiger partial charge in [0.1, 0.15) is 11.9 Å². The maximum Gasteiger partial charge on any atom is 0.341 e.